The molecule has 1 amide bonds. The van der Waals surface area contributed by atoms with Gasteiger partial charge in [0, 0.05) is 16.9 Å². The van der Waals surface area contributed by atoms with Crippen LogP contribution in [0.5, 0.6) is 0 Å². The Labute approximate surface area is 149 Å². The van der Waals surface area contributed by atoms with Crippen LogP contribution in [0.3, 0.4) is 0 Å². The maximum Gasteiger partial charge on any atom is 0.417 e. The third-order valence-electron chi connectivity index (χ3n) is 3.59. The summed E-state index contributed by atoms with van der Waals surface area (Å²) in [5, 5.41) is 2.50. The summed E-state index contributed by atoms with van der Waals surface area (Å²) in [4.78, 5) is 20.6. The minimum atomic E-state index is -4.47. The second-order valence-corrected chi connectivity index (χ2v) is 6.38. The summed E-state index contributed by atoms with van der Waals surface area (Å²) in [7, 11) is 0. The molecule has 3 aromatic rings. The zero-order valence-electron chi connectivity index (χ0n) is 13.1. The van der Waals surface area contributed by atoms with E-state index in [1.807, 2.05) is 13.0 Å². The number of amides is 1. The summed E-state index contributed by atoms with van der Waals surface area (Å²) in [5.74, 6) is -0.478. The van der Waals surface area contributed by atoms with E-state index in [1.165, 1.54) is 0 Å². The summed E-state index contributed by atoms with van der Waals surface area (Å²) < 4.78 is 40.1. The van der Waals surface area contributed by atoms with Crippen molar-refractivity contribution in [2.45, 2.75) is 20.0 Å². The van der Waals surface area contributed by atoms with Gasteiger partial charge < -0.3 is 5.32 Å². The fourth-order valence-electron chi connectivity index (χ4n) is 2.47. The highest BCUT2D eigenvalue weighted by atomic mass is 79.9. The molecule has 0 bridgehead atoms. The Bertz CT molecular complexity index is 964. The monoisotopic (exact) mass is 412 g/mol. The molecule has 0 fully saturated rings. The standard InChI is InChI=1S/C16H12BrF3N4O/c1-8-5-11(17)7-24-13(9(2)22-14(8)24)15(25)23-12-4-3-10(6-21-12)16(18,19)20/h3-7H,1-2H3,(H,21,23,25). The Morgan fingerprint density at radius 1 is 1.28 bits per heavy atom. The third-order valence-corrected chi connectivity index (χ3v) is 4.03. The Morgan fingerprint density at radius 3 is 2.60 bits per heavy atom. The molecular formula is C16H12BrF3N4O. The van der Waals surface area contributed by atoms with Gasteiger partial charge in [-0.05, 0) is 53.5 Å². The molecule has 0 aromatic carbocycles. The number of imidazole rings is 1. The number of aryl methyl sites for hydroxylation is 2. The summed E-state index contributed by atoms with van der Waals surface area (Å²) >= 11 is 3.37. The number of anilines is 1. The lowest BCUT2D eigenvalue weighted by Gasteiger charge is -2.08. The molecule has 0 aliphatic rings. The van der Waals surface area contributed by atoms with Crippen LogP contribution in [0.2, 0.25) is 0 Å². The van der Waals surface area contributed by atoms with Gasteiger partial charge in [0.25, 0.3) is 5.91 Å². The lowest BCUT2D eigenvalue weighted by Crippen LogP contribution is -2.17. The highest BCUT2D eigenvalue weighted by Gasteiger charge is 2.30. The number of alkyl halides is 3. The predicted molar refractivity (Wildman–Crippen MR) is 89.6 cm³/mol. The first-order valence-electron chi connectivity index (χ1n) is 7.16. The maximum atomic E-state index is 12.6. The molecule has 0 aliphatic heterocycles. The summed E-state index contributed by atoms with van der Waals surface area (Å²) in [6, 6.07) is 3.85. The van der Waals surface area contributed by atoms with E-state index in [0.29, 0.717) is 23.2 Å². The Hall–Kier alpha value is -2.42. The molecule has 25 heavy (non-hydrogen) atoms. The smallest absolute Gasteiger partial charge is 0.305 e. The Balaban J connectivity index is 1.94. The molecule has 0 saturated carbocycles. The summed E-state index contributed by atoms with van der Waals surface area (Å²) in [6.45, 7) is 3.56. The predicted octanol–water partition coefficient (Wildman–Crippen LogP) is 4.38. The Kier molecular flexibility index (Phi) is 4.28. The van der Waals surface area contributed by atoms with E-state index < -0.39 is 17.6 Å². The highest BCUT2D eigenvalue weighted by molar-refractivity contribution is 9.10. The number of carbonyl (C=O) groups is 1. The van der Waals surface area contributed by atoms with Crippen LogP contribution < -0.4 is 5.32 Å². The van der Waals surface area contributed by atoms with E-state index >= 15 is 0 Å². The molecule has 0 aliphatic carbocycles. The first-order valence-corrected chi connectivity index (χ1v) is 7.95. The molecule has 0 radical (unpaired) electrons. The molecule has 1 N–H and O–H groups in total. The minimum absolute atomic E-state index is 0.0269. The van der Waals surface area contributed by atoms with Crippen molar-refractivity contribution >= 4 is 33.3 Å². The summed E-state index contributed by atoms with van der Waals surface area (Å²) in [5.41, 5.74) is 1.43. The van der Waals surface area contributed by atoms with Gasteiger partial charge in [-0.15, -0.1) is 0 Å². The molecule has 9 heteroatoms. The van der Waals surface area contributed by atoms with Crippen molar-refractivity contribution in [1.82, 2.24) is 14.4 Å². The number of pyridine rings is 2. The molecule has 0 atom stereocenters. The zero-order valence-corrected chi connectivity index (χ0v) is 14.7. The molecule has 130 valence electrons. The molecule has 0 unspecified atom stereocenters. The number of fused-ring (bicyclic) bond motifs is 1. The Morgan fingerprint density at radius 2 is 2.00 bits per heavy atom. The van der Waals surface area contributed by atoms with E-state index in [1.54, 1.807) is 17.5 Å². The van der Waals surface area contributed by atoms with E-state index in [4.69, 9.17) is 0 Å². The first-order chi connectivity index (χ1) is 11.7. The van der Waals surface area contributed by atoms with Crippen LogP contribution in [0.15, 0.2) is 35.1 Å². The van der Waals surface area contributed by atoms with Crippen LogP contribution >= 0.6 is 15.9 Å². The number of rotatable bonds is 2. The van der Waals surface area contributed by atoms with Crippen molar-refractivity contribution < 1.29 is 18.0 Å². The number of hydrogen-bond donors (Lipinski definition) is 1. The van der Waals surface area contributed by atoms with Gasteiger partial charge in [-0.25, -0.2) is 9.97 Å². The van der Waals surface area contributed by atoms with Crippen LogP contribution in [0.4, 0.5) is 19.0 Å². The highest BCUT2D eigenvalue weighted by Crippen LogP contribution is 2.29. The topological polar surface area (TPSA) is 59.3 Å². The van der Waals surface area contributed by atoms with Gasteiger partial charge in [-0.1, -0.05) is 0 Å². The normalized spacial score (nSPS) is 11.8. The van der Waals surface area contributed by atoms with E-state index in [0.717, 1.165) is 22.2 Å². The third kappa shape index (κ3) is 3.37. The number of aromatic nitrogens is 3. The lowest BCUT2D eigenvalue weighted by atomic mass is 10.2. The van der Waals surface area contributed by atoms with Crippen molar-refractivity contribution in [3.05, 3.63) is 57.6 Å². The van der Waals surface area contributed by atoms with Crippen LogP contribution in [-0.4, -0.2) is 20.3 Å². The number of nitrogens with one attached hydrogen (secondary N) is 1. The maximum absolute atomic E-state index is 12.6. The van der Waals surface area contributed by atoms with Crippen LogP contribution in [0.1, 0.15) is 27.3 Å². The van der Waals surface area contributed by atoms with Crippen LogP contribution in [0, 0.1) is 13.8 Å². The van der Waals surface area contributed by atoms with Crippen LogP contribution in [0.25, 0.3) is 5.65 Å². The molecule has 3 heterocycles. The van der Waals surface area contributed by atoms with Gasteiger partial charge in [0.15, 0.2) is 0 Å². The molecule has 3 aromatic heterocycles. The fraction of sp³-hybridized carbons (Fsp3) is 0.188. The van der Waals surface area contributed by atoms with Gasteiger partial charge in [0.05, 0.1) is 11.3 Å². The van der Waals surface area contributed by atoms with Crippen molar-refractivity contribution in [2.24, 2.45) is 0 Å². The molecule has 5 nitrogen and oxygen atoms in total. The molecule has 3 rings (SSSR count). The van der Waals surface area contributed by atoms with Gasteiger partial charge in [-0.3, -0.25) is 9.20 Å². The van der Waals surface area contributed by atoms with Crippen molar-refractivity contribution in [3.8, 4) is 0 Å². The van der Waals surface area contributed by atoms with E-state index in [2.05, 4.69) is 31.2 Å². The van der Waals surface area contributed by atoms with Gasteiger partial charge in [0.2, 0.25) is 0 Å². The van der Waals surface area contributed by atoms with Crippen molar-refractivity contribution in [1.29, 1.82) is 0 Å². The zero-order chi connectivity index (χ0) is 18.4. The van der Waals surface area contributed by atoms with Crippen LogP contribution in [-0.2, 0) is 6.18 Å². The average molecular weight is 413 g/mol. The SMILES string of the molecule is Cc1nc2c(C)cc(Br)cn2c1C(=O)Nc1ccc(C(F)(F)F)cn1. The summed E-state index contributed by atoms with van der Waals surface area (Å²) in [6.07, 6.45) is -2.09. The molecule has 0 saturated heterocycles. The van der Waals surface area contributed by atoms with E-state index in [-0.39, 0.29) is 5.82 Å². The molecule has 0 spiro atoms. The average Bonchev–Trinajstić information content (AvgIpc) is 2.83. The first kappa shape index (κ1) is 17.4. The number of carbonyl (C=O) groups excluding carboxylic acids is 1. The number of halogens is 4. The van der Waals surface area contributed by atoms with Crippen molar-refractivity contribution in [2.75, 3.05) is 5.32 Å². The van der Waals surface area contributed by atoms with Gasteiger partial charge in [-0.2, -0.15) is 13.2 Å². The lowest BCUT2D eigenvalue weighted by molar-refractivity contribution is -0.137. The second-order valence-electron chi connectivity index (χ2n) is 5.46. The van der Waals surface area contributed by atoms with E-state index in [9.17, 15) is 18.0 Å². The fourth-order valence-corrected chi connectivity index (χ4v) is 3.01. The second kappa shape index (κ2) is 6.14. The number of hydrogen-bond acceptors (Lipinski definition) is 3. The number of nitrogens with zero attached hydrogens (tertiary/aromatic N) is 3. The molecular weight excluding hydrogens is 401 g/mol. The quantitative estimate of drug-likeness (QED) is 0.679. The van der Waals surface area contributed by atoms with Gasteiger partial charge in [0.1, 0.15) is 17.2 Å². The minimum Gasteiger partial charge on any atom is -0.305 e. The van der Waals surface area contributed by atoms with Crippen molar-refractivity contribution in [3.63, 3.8) is 0 Å². The van der Waals surface area contributed by atoms with Gasteiger partial charge >= 0.3 is 6.18 Å². The largest absolute Gasteiger partial charge is 0.417 e.